The second-order valence-corrected chi connectivity index (χ2v) is 8.45. The van der Waals surface area contributed by atoms with Gasteiger partial charge < -0.3 is 19.5 Å². The highest BCUT2D eigenvalue weighted by atomic mass is 16.5. The van der Waals surface area contributed by atoms with Crippen LogP contribution in [0.1, 0.15) is 37.9 Å². The minimum Gasteiger partial charge on any atom is -0.484 e. The number of nitrogens with zero attached hydrogens (tertiary/aromatic N) is 3. The zero-order valence-corrected chi connectivity index (χ0v) is 19.0. The van der Waals surface area contributed by atoms with E-state index in [-0.39, 0.29) is 18.4 Å². The number of rotatable bonds is 9. The lowest BCUT2D eigenvalue weighted by Crippen LogP contribution is -2.35. The van der Waals surface area contributed by atoms with Gasteiger partial charge in [-0.25, -0.2) is 4.98 Å². The summed E-state index contributed by atoms with van der Waals surface area (Å²) in [4.78, 5) is 31.9. The van der Waals surface area contributed by atoms with Crippen LogP contribution in [-0.4, -0.2) is 52.5 Å². The summed E-state index contributed by atoms with van der Waals surface area (Å²) in [7, 11) is 0. The summed E-state index contributed by atoms with van der Waals surface area (Å²) in [5.74, 6) is 1.57. The van der Waals surface area contributed by atoms with E-state index in [9.17, 15) is 9.59 Å². The number of carbonyl (C=O) groups is 2. The molecule has 1 N–H and O–H groups in total. The molecule has 1 aromatic heterocycles. The number of likely N-dealkylation sites (tertiary alicyclic amines) is 1. The largest absolute Gasteiger partial charge is 0.484 e. The lowest BCUT2D eigenvalue weighted by Gasteiger charge is -2.21. The predicted molar refractivity (Wildman–Crippen MR) is 128 cm³/mol. The van der Waals surface area contributed by atoms with Crippen LogP contribution in [0.25, 0.3) is 11.0 Å². The average Bonchev–Trinajstić information content (AvgIpc) is 3.00. The van der Waals surface area contributed by atoms with E-state index in [0.29, 0.717) is 25.3 Å². The van der Waals surface area contributed by atoms with Crippen molar-refractivity contribution < 1.29 is 14.3 Å². The van der Waals surface area contributed by atoms with Crippen molar-refractivity contribution in [3.05, 3.63) is 60.4 Å². The van der Waals surface area contributed by atoms with Crippen molar-refractivity contribution in [2.24, 2.45) is 0 Å². The van der Waals surface area contributed by atoms with Gasteiger partial charge in [-0.3, -0.25) is 9.59 Å². The smallest absolute Gasteiger partial charge is 0.257 e. The topological polar surface area (TPSA) is 76.5 Å². The number of hydrogen-bond acceptors (Lipinski definition) is 4. The molecule has 2 heterocycles. The van der Waals surface area contributed by atoms with E-state index < -0.39 is 0 Å². The Morgan fingerprint density at radius 2 is 1.67 bits per heavy atom. The molecule has 0 atom stereocenters. The number of fused-ring (bicyclic) bond motifs is 1. The molecule has 1 aliphatic rings. The first kappa shape index (κ1) is 22.8. The fraction of sp³-hybridized carbons (Fsp3) is 0.423. The zero-order chi connectivity index (χ0) is 22.9. The van der Waals surface area contributed by atoms with Gasteiger partial charge >= 0.3 is 0 Å². The maximum Gasteiger partial charge on any atom is 0.257 e. The summed E-state index contributed by atoms with van der Waals surface area (Å²) < 4.78 is 7.53. The summed E-state index contributed by atoms with van der Waals surface area (Å²) in [6, 6.07) is 17.2. The Morgan fingerprint density at radius 1 is 0.939 bits per heavy atom. The van der Waals surface area contributed by atoms with Crippen molar-refractivity contribution in [1.82, 2.24) is 19.8 Å². The molecule has 33 heavy (non-hydrogen) atoms. The summed E-state index contributed by atoms with van der Waals surface area (Å²) >= 11 is 0. The molecule has 0 bridgehead atoms. The Bertz CT molecular complexity index is 1060. The van der Waals surface area contributed by atoms with Crippen LogP contribution in [-0.2, 0) is 22.6 Å². The van der Waals surface area contributed by atoms with E-state index in [0.717, 1.165) is 49.2 Å². The Labute approximate surface area is 194 Å². The molecule has 0 saturated carbocycles. The first-order valence-electron chi connectivity index (χ1n) is 11.9. The van der Waals surface area contributed by atoms with Crippen LogP contribution in [0.15, 0.2) is 54.6 Å². The number of para-hydroxylation sites is 3. The molecule has 0 radical (unpaired) electrons. The van der Waals surface area contributed by atoms with E-state index in [4.69, 9.17) is 9.72 Å². The molecule has 3 aromatic rings. The van der Waals surface area contributed by atoms with E-state index in [2.05, 4.69) is 5.32 Å². The number of imidazole rings is 1. The first-order chi connectivity index (χ1) is 16.2. The predicted octanol–water partition coefficient (Wildman–Crippen LogP) is 3.57. The minimum atomic E-state index is -0.149. The van der Waals surface area contributed by atoms with E-state index in [1.807, 2.05) is 64.1 Å². The van der Waals surface area contributed by atoms with Gasteiger partial charge in [0.1, 0.15) is 18.1 Å². The number of ether oxygens (including phenoxy) is 1. The molecular weight excluding hydrogens is 416 g/mol. The van der Waals surface area contributed by atoms with Crippen molar-refractivity contribution in [3.8, 4) is 5.75 Å². The SMILES string of the molecule is O=C(COc1ccccc1)NCCCc1nc2ccccc2n1CC(=O)N1CCCCCC1. The maximum atomic E-state index is 13.0. The molecule has 174 valence electrons. The number of nitrogens with one attached hydrogen (secondary N) is 1. The number of aryl methyl sites for hydroxylation is 1. The van der Waals surface area contributed by atoms with Gasteiger partial charge in [0.2, 0.25) is 5.91 Å². The van der Waals surface area contributed by atoms with Crippen LogP contribution in [0.4, 0.5) is 0 Å². The van der Waals surface area contributed by atoms with Crippen LogP contribution in [0.3, 0.4) is 0 Å². The molecule has 7 nitrogen and oxygen atoms in total. The second kappa shape index (κ2) is 11.5. The lowest BCUT2D eigenvalue weighted by atomic mass is 10.2. The Morgan fingerprint density at radius 3 is 2.45 bits per heavy atom. The Kier molecular flexibility index (Phi) is 7.95. The van der Waals surface area contributed by atoms with Gasteiger partial charge in [0, 0.05) is 26.1 Å². The zero-order valence-electron chi connectivity index (χ0n) is 19.0. The van der Waals surface area contributed by atoms with Crippen LogP contribution in [0.2, 0.25) is 0 Å². The fourth-order valence-corrected chi connectivity index (χ4v) is 4.24. The Balaban J connectivity index is 1.32. The third-order valence-electron chi connectivity index (χ3n) is 6.00. The molecular formula is C26H32N4O3. The Hall–Kier alpha value is -3.35. The minimum absolute atomic E-state index is 0.00708. The molecule has 0 aliphatic carbocycles. The lowest BCUT2D eigenvalue weighted by molar-refractivity contribution is -0.131. The van der Waals surface area contributed by atoms with Crippen LogP contribution < -0.4 is 10.1 Å². The summed E-state index contributed by atoms with van der Waals surface area (Å²) in [5, 5.41) is 2.90. The summed E-state index contributed by atoms with van der Waals surface area (Å²) in [5.41, 5.74) is 1.88. The highest BCUT2D eigenvalue weighted by molar-refractivity contribution is 5.81. The molecule has 4 rings (SSSR count). The number of benzene rings is 2. The van der Waals surface area contributed by atoms with Crippen molar-refractivity contribution in [2.45, 2.75) is 45.1 Å². The van der Waals surface area contributed by atoms with Crippen molar-refractivity contribution in [2.75, 3.05) is 26.2 Å². The molecule has 0 spiro atoms. The quantitative estimate of drug-likeness (QED) is 0.508. The van der Waals surface area contributed by atoms with Gasteiger partial charge in [0.15, 0.2) is 6.61 Å². The molecule has 2 amide bonds. The number of aromatic nitrogens is 2. The first-order valence-corrected chi connectivity index (χ1v) is 11.9. The van der Waals surface area contributed by atoms with Gasteiger partial charge in [0.05, 0.1) is 11.0 Å². The number of carbonyl (C=O) groups excluding carboxylic acids is 2. The third kappa shape index (κ3) is 6.34. The standard InChI is InChI=1S/C26H32N4O3/c31-25(20-33-21-11-4-3-5-12-21)27-16-10-15-24-28-22-13-6-7-14-23(22)30(24)19-26(32)29-17-8-1-2-9-18-29/h3-7,11-14H,1-2,8-10,15-20H2,(H,27,31). The van der Waals surface area contributed by atoms with Gasteiger partial charge in [0.25, 0.3) is 5.91 Å². The number of amides is 2. The maximum absolute atomic E-state index is 13.0. The van der Waals surface area contributed by atoms with Crippen LogP contribution in [0.5, 0.6) is 5.75 Å². The normalized spacial score (nSPS) is 14.1. The molecule has 1 aliphatic heterocycles. The fourth-order valence-electron chi connectivity index (χ4n) is 4.24. The molecule has 0 unspecified atom stereocenters. The van der Waals surface area contributed by atoms with Crippen molar-refractivity contribution >= 4 is 22.8 Å². The summed E-state index contributed by atoms with van der Waals surface area (Å²) in [6.07, 6.45) is 5.98. The van der Waals surface area contributed by atoms with Gasteiger partial charge in [-0.2, -0.15) is 0 Å². The molecule has 7 heteroatoms. The van der Waals surface area contributed by atoms with Crippen LogP contribution >= 0.6 is 0 Å². The molecule has 2 aromatic carbocycles. The third-order valence-corrected chi connectivity index (χ3v) is 6.00. The average molecular weight is 449 g/mol. The van der Waals surface area contributed by atoms with Crippen molar-refractivity contribution in [1.29, 1.82) is 0 Å². The highest BCUT2D eigenvalue weighted by Crippen LogP contribution is 2.18. The van der Waals surface area contributed by atoms with E-state index in [1.165, 1.54) is 12.8 Å². The highest BCUT2D eigenvalue weighted by Gasteiger charge is 2.19. The molecule has 1 saturated heterocycles. The van der Waals surface area contributed by atoms with Crippen molar-refractivity contribution in [3.63, 3.8) is 0 Å². The van der Waals surface area contributed by atoms with Gasteiger partial charge in [-0.15, -0.1) is 0 Å². The summed E-state index contributed by atoms with van der Waals surface area (Å²) in [6.45, 7) is 2.52. The molecule has 1 fully saturated rings. The number of hydrogen-bond donors (Lipinski definition) is 1. The van der Waals surface area contributed by atoms with E-state index >= 15 is 0 Å². The second-order valence-electron chi connectivity index (χ2n) is 8.45. The van der Waals surface area contributed by atoms with Crippen LogP contribution in [0, 0.1) is 0 Å². The monoisotopic (exact) mass is 448 g/mol. The van der Waals surface area contributed by atoms with Gasteiger partial charge in [-0.05, 0) is 43.5 Å². The van der Waals surface area contributed by atoms with Gasteiger partial charge in [-0.1, -0.05) is 43.2 Å². The van der Waals surface area contributed by atoms with E-state index in [1.54, 1.807) is 0 Å².